The quantitative estimate of drug-likeness (QED) is 0.652. The lowest BCUT2D eigenvalue weighted by Crippen LogP contribution is -2.28. The number of nitrogens with one attached hydrogen (secondary N) is 1. The van der Waals surface area contributed by atoms with E-state index in [0.29, 0.717) is 6.42 Å². The van der Waals surface area contributed by atoms with Crippen molar-refractivity contribution < 1.29 is 4.74 Å². The summed E-state index contributed by atoms with van der Waals surface area (Å²) in [6.07, 6.45) is 4.01. The van der Waals surface area contributed by atoms with Crippen molar-refractivity contribution in [2.45, 2.75) is 25.7 Å². The summed E-state index contributed by atoms with van der Waals surface area (Å²) < 4.78 is 5.27. The van der Waals surface area contributed by atoms with E-state index in [1.54, 1.807) is 0 Å². The lowest BCUT2D eigenvalue weighted by Gasteiger charge is -2.22. The summed E-state index contributed by atoms with van der Waals surface area (Å²) in [7, 11) is 0. The lowest BCUT2D eigenvalue weighted by molar-refractivity contribution is 0.0663. The van der Waals surface area contributed by atoms with Gasteiger partial charge in [-0.05, 0) is 38.3 Å². The predicted octanol–water partition coefficient (Wildman–Crippen LogP) is 1.31. The normalized spacial score (nSPS) is 18.4. The molecule has 1 fully saturated rings. The summed E-state index contributed by atoms with van der Waals surface area (Å²) in [5.74, 6) is 0.788. The summed E-state index contributed by atoms with van der Waals surface area (Å²) in [5, 5.41) is 11.7. The Morgan fingerprint density at radius 2 is 2.15 bits per heavy atom. The van der Waals surface area contributed by atoms with Crippen molar-refractivity contribution in [3.63, 3.8) is 0 Å². The topological polar surface area (TPSA) is 45.0 Å². The van der Waals surface area contributed by atoms with Gasteiger partial charge in [0.2, 0.25) is 0 Å². The maximum Gasteiger partial charge on any atom is 0.0622 e. The van der Waals surface area contributed by atoms with Crippen LogP contribution in [0, 0.1) is 17.2 Å². The predicted molar refractivity (Wildman–Crippen MR) is 51.3 cm³/mol. The van der Waals surface area contributed by atoms with Crippen LogP contribution in [0.15, 0.2) is 0 Å². The van der Waals surface area contributed by atoms with Gasteiger partial charge in [-0.2, -0.15) is 5.26 Å². The van der Waals surface area contributed by atoms with E-state index >= 15 is 0 Å². The minimum atomic E-state index is 0.667. The van der Waals surface area contributed by atoms with Crippen molar-refractivity contribution in [3.8, 4) is 6.07 Å². The van der Waals surface area contributed by atoms with Crippen LogP contribution in [-0.4, -0.2) is 26.3 Å². The molecule has 13 heavy (non-hydrogen) atoms. The number of nitriles is 1. The van der Waals surface area contributed by atoms with Gasteiger partial charge in [-0.25, -0.2) is 0 Å². The second-order valence-corrected chi connectivity index (χ2v) is 3.52. The molecule has 0 aromatic rings. The van der Waals surface area contributed by atoms with Gasteiger partial charge in [0, 0.05) is 19.6 Å². The molecule has 0 aromatic heterocycles. The van der Waals surface area contributed by atoms with Crippen LogP contribution in [0.5, 0.6) is 0 Å². The van der Waals surface area contributed by atoms with Crippen molar-refractivity contribution in [2.75, 3.05) is 26.3 Å². The van der Waals surface area contributed by atoms with Gasteiger partial charge in [0.25, 0.3) is 0 Å². The summed E-state index contributed by atoms with van der Waals surface area (Å²) in [6, 6.07) is 2.15. The van der Waals surface area contributed by atoms with Gasteiger partial charge in [0.05, 0.1) is 6.07 Å². The zero-order valence-electron chi connectivity index (χ0n) is 8.09. The first-order chi connectivity index (χ1) is 6.43. The van der Waals surface area contributed by atoms with Crippen LogP contribution in [0.2, 0.25) is 0 Å². The van der Waals surface area contributed by atoms with Crippen molar-refractivity contribution >= 4 is 0 Å². The van der Waals surface area contributed by atoms with Gasteiger partial charge < -0.3 is 10.1 Å². The van der Waals surface area contributed by atoms with E-state index in [-0.39, 0.29) is 0 Å². The van der Waals surface area contributed by atoms with Gasteiger partial charge in [0.1, 0.15) is 0 Å². The van der Waals surface area contributed by atoms with E-state index in [9.17, 15) is 0 Å². The van der Waals surface area contributed by atoms with Gasteiger partial charge in [-0.15, -0.1) is 0 Å². The molecule has 74 valence electrons. The number of ether oxygens (including phenoxy) is 1. The number of rotatable bonds is 5. The van der Waals surface area contributed by atoms with Crippen molar-refractivity contribution in [3.05, 3.63) is 0 Å². The highest BCUT2D eigenvalue weighted by Crippen LogP contribution is 2.12. The Balaban J connectivity index is 1.90. The molecule has 0 spiro atoms. The standard InChI is InChI=1S/C10H18N2O/c11-5-1-2-6-12-9-10-3-7-13-8-4-10/h10,12H,1-4,6-9H2. The fourth-order valence-electron chi connectivity index (χ4n) is 1.55. The first-order valence-electron chi connectivity index (χ1n) is 5.09. The second-order valence-electron chi connectivity index (χ2n) is 3.52. The van der Waals surface area contributed by atoms with Crippen LogP contribution in [0.4, 0.5) is 0 Å². The summed E-state index contributed by atoms with van der Waals surface area (Å²) in [5.41, 5.74) is 0. The third kappa shape index (κ3) is 4.87. The molecular weight excluding hydrogens is 164 g/mol. The van der Waals surface area contributed by atoms with E-state index < -0.39 is 0 Å². The molecule has 0 unspecified atom stereocenters. The molecule has 1 aliphatic heterocycles. The average Bonchev–Trinajstić information content (AvgIpc) is 2.19. The van der Waals surface area contributed by atoms with E-state index in [1.165, 1.54) is 12.8 Å². The van der Waals surface area contributed by atoms with Crippen LogP contribution in [0.25, 0.3) is 0 Å². The van der Waals surface area contributed by atoms with E-state index in [4.69, 9.17) is 10.00 Å². The molecule has 3 nitrogen and oxygen atoms in total. The molecule has 0 bridgehead atoms. The Bertz CT molecular complexity index is 159. The van der Waals surface area contributed by atoms with Crippen LogP contribution in [0.3, 0.4) is 0 Å². The van der Waals surface area contributed by atoms with E-state index in [2.05, 4.69) is 11.4 Å². The number of nitrogens with zero attached hydrogens (tertiary/aromatic N) is 1. The molecule has 0 saturated carbocycles. The molecule has 3 heteroatoms. The lowest BCUT2D eigenvalue weighted by atomic mass is 10.0. The monoisotopic (exact) mass is 182 g/mol. The number of hydrogen-bond acceptors (Lipinski definition) is 3. The van der Waals surface area contributed by atoms with Gasteiger partial charge in [-0.1, -0.05) is 0 Å². The van der Waals surface area contributed by atoms with Crippen LogP contribution in [-0.2, 0) is 4.74 Å². The zero-order valence-corrected chi connectivity index (χ0v) is 8.09. The number of unbranched alkanes of at least 4 members (excludes halogenated alkanes) is 1. The number of hydrogen-bond donors (Lipinski definition) is 1. The fourth-order valence-corrected chi connectivity index (χ4v) is 1.55. The van der Waals surface area contributed by atoms with Gasteiger partial charge in [0.15, 0.2) is 0 Å². The minimum absolute atomic E-state index is 0.667. The van der Waals surface area contributed by atoms with Crippen LogP contribution in [0.1, 0.15) is 25.7 Å². The Morgan fingerprint density at radius 3 is 2.85 bits per heavy atom. The van der Waals surface area contributed by atoms with Gasteiger partial charge in [-0.3, -0.25) is 0 Å². The third-order valence-electron chi connectivity index (χ3n) is 2.42. The molecule has 1 rings (SSSR count). The smallest absolute Gasteiger partial charge is 0.0622 e. The molecule has 0 amide bonds. The minimum Gasteiger partial charge on any atom is -0.381 e. The van der Waals surface area contributed by atoms with Gasteiger partial charge >= 0.3 is 0 Å². The third-order valence-corrected chi connectivity index (χ3v) is 2.42. The highest BCUT2D eigenvalue weighted by atomic mass is 16.5. The molecule has 0 radical (unpaired) electrons. The maximum absolute atomic E-state index is 8.32. The zero-order chi connectivity index (χ0) is 9.36. The molecule has 0 aromatic carbocycles. The molecule has 1 heterocycles. The summed E-state index contributed by atoms with van der Waals surface area (Å²) >= 11 is 0. The van der Waals surface area contributed by atoms with Crippen LogP contribution >= 0.6 is 0 Å². The molecule has 1 N–H and O–H groups in total. The molecule has 0 aliphatic carbocycles. The van der Waals surface area contributed by atoms with Crippen molar-refractivity contribution in [1.29, 1.82) is 5.26 Å². The maximum atomic E-state index is 8.32. The Labute approximate surface area is 80.1 Å². The summed E-state index contributed by atoms with van der Waals surface area (Å²) in [6.45, 7) is 3.91. The highest BCUT2D eigenvalue weighted by molar-refractivity contribution is 4.70. The largest absolute Gasteiger partial charge is 0.381 e. The first-order valence-corrected chi connectivity index (χ1v) is 5.09. The average molecular weight is 182 g/mol. The molecule has 1 saturated heterocycles. The summed E-state index contributed by atoms with van der Waals surface area (Å²) in [4.78, 5) is 0. The SMILES string of the molecule is N#CCCCNCC1CCOCC1. The first kappa shape index (κ1) is 10.5. The Kier molecular flexibility index (Phi) is 5.55. The molecule has 1 aliphatic rings. The van der Waals surface area contributed by atoms with Crippen molar-refractivity contribution in [1.82, 2.24) is 5.32 Å². The second kappa shape index (κ2) is 6.88. The Hall–Kier alpha value is -0.590. The molecule has 0 atom stereocenters. The van der Waals surface area contributed by atoms with E-state index in [0.717, 1.165) is 38.6 Å². The van der Waals surface area contributed by atoms with E-state index in [1.807, 2.05) is 0 Å². The Morgan fingerprint density at radius 1 is 1.38 bits per heavy atom. The molecular formula is C10H18N2O. The fraction of sp³-hybridized carbons (Fsp3) is 0.900. The van der Waals surface area contributed by atoms with Crippen molar-refractivity contribution in [2.24, 2.45) is 5.92 Å². The van der Waals surface area contributed by atoms with Crippen LogP contribution < -0.4 is 5.32 Å². The highest BCUT2D eigenvalue weighted by Gasteiger charge is 2.12.